The Balaban J connectivity index is 1.60. The maximum absolute atomic E-state index is 13.6. The molecule has 0 radical (unpaired) electrons. The van der Waals surface area contributed by atoms with Crippen molar-refractivity contribution in [3.63, 3.8) is 0 Å². The summed E-state index contributed by atoms with van der Waals surface area (Å²) in [6, 6.07) is 13.1. The molecule has 33 heavy (non-hydrogen) atoms. The quantitative estimate of drug-likeness (QED) is 0.451. The lowest BCUT2D eigenvalue weighted by molar-refractivity contribution is -0.130. The van der Waals surface area contributed by atoms with Crippen LogP contribution in [0.4, 0.5) is 0 Å². The van der Waals surface area contributed by atoms with Crippen LogP contribution in [-0.4, -0.2) is 38.8 Å². The molecule has 0 fully saturated rings. The SMILES string of the molecule is COc1cccc2cc(C(=O)C3=C(O)C(=O)N(Cc4cccnc4)[C@@H]3c3ccncc3)oc12. The standard InChI is InChI=1S/C25H19N3O5/c1-32-18-6-2-5-17-12-19(33-24(17)18)22(29)20-21(16-7-10-26-11-8-16)28(25(31)23(20)30)14-15-4-3-9-27-13-15/h2-13,21,30H,14H2,1H3/t21-/m1/s1. The van der Waals surface area contributed by atoms with Crippen LogP contribution >= 0.6 is 0 Å². The van der Waals surface area contributed by atoms with E-state index in [2.05, 4.69) is 9.97 Å². The van der Waals surface area contributed by atoms with E-state index in [4.69, 9.17) is 9.15 Å². The molecule has 8 nitrogen and oxygen atoms in total. The lowest BCUT2D eigenvalue weighted by atomic mass is 9.95. The van der Waals surface area contributed by atoms with E-state index in [0.717, 1.165) is 5.56 Å². The van der Waals surface area contributed by atoms with Gasteiger partial charge in [0.15, 0.2) is 22.9 Å². The molecule has 0 bridgehead atoms. The molecule has 4 aromatic rings. The smallest absolute Gasteiger partial charge is 0.290 e. The third-order valence-corrected chi connectivity index (χ3v) is 5.60. The molecule has 1 aliphatic heterocycles. The Morgan fingerprint density at radius 3 is 2.67 bits per heavy atom. The van der Waals surface area contributed by atoms with Crippen molar-refractivity contribution in [2.45, 2.75) is 12.6 Å². The molecule has 1 aliphatic rings. The third-order valence-electron chi connectivity index (χ3n) is 5.60. The number of furan rings is 1. The molecule has 1 amide bonds. The van der Waals surface area contributed by atoms with Gasteiger partial charge in [0.25, 0.3) is 5.91 Å². The number of fused-ring (bicyclic) bond motifs is 1. The molecule has 164 valence electrons. The minimum atomic E-state index is -0.816. The van der Waals surface area contributed by atoms with Gasteiger partial charge in [0, 0.05) is 36.7 Å². The van der Waals surface area contributed by atoms with Crippen LogP contribution in [0.2, 0.25) is 0 Å². The number of hydrogen-bond donors (Lipinski definition) is 1. The van der Waals surface area contributed by atoms with Gasteiger partial charge >= 0.3 is 0 Å². The summed E-state index contributed by atoms with van der Waals surface area (Å²) in [7, 11) is 1.51. The Morgan fingerprint density at radius 2 is 1.94 bits per heavy atom. The Morgan fingerprint density at radius 1 is 1.12 bits per heavy atom. The Bertz CT molecular complexity index is 1380. The average Bonchev–Trinajstić information content (AvgIpc) is 3.40. The monoisotopic (exact) mass is 441 g/mol. The van der Waals surface area contributed by atoms with Gasteiger partial charge in [-0.05, 0) is 41.5 Å². The highest BCUT2D eigenvalue weighted by molar-refractivity contribution is 6.16. The molecule has 4 heterocycles. The summed E-state index contributed by atoms with van der Waals surface area (Å²) in [6.07, 6.45) is 6.42. The van der Waals surface area contributed by atoms with Crippen molar-refractivity contribution >= 4 is 22.7 Å². The fourth-order valence-electron chi connectivity index (χ4n) is 4.07. The maximum atomic E-state index is 13.6. The van der Waals surface area contributed by atoms with Crippen molar-refractivity contribution in [2.75, 3.05) is 7.11 Å². The Hall–Kier alpha value is -4.46. The zero-order valence-electron chi connectivity index (χ0n) is 17.6. The predicted molar refractivity (Wildman–Crippen MR) is 119 cm³/mol. The number of Topliss-reactive ketones (excluding diaryl/α,β-unsaturated/α-hetero) is 1. The number of para-hydroxylation sites is 1. The van der Waals surface area contributed by atoms with Gasteiger partial charge in [-0.3, -0.25) is 19.6 Å². The molecule has 0 saturated carbocycles. The van der Waals surface area contributed by atoms with Crippen LogP contribution in [0, 0.1) is 0 Å². The number of nitrogens with zero attached hydrogens (tertiary/aromatic N) is 3. The summed E-state index contributed by atoms with van der Waals surface area (Å²) in [5.41, 5.74) is 1.77. The van der Waals surface area contributed by atoms with Gasteiger partial charge in [-0.25, -0.2) is 0 Å². The number of pyridine rings is 2. The lowest BCUT2D eigenvalue weighted by Crippen LogP contribution is -2.30. The van der Waals surface area contributed by atoms with E-state index in [9.17, 15) is 14.7 Å². The van der Waals surface area contributed by atoms with E-state index in [1.165, 1.54) is 12.0 Å². The van der Waals surface area contributed by atoms with Crippen LogP contribution in [0.3, 0.4) is 0 Å². The second-order valence-corrected chi connectivity index (χ2v) is 7.56. The van der Waals surface area contributed by atoms with Crippen LogP contribution in [-0.2, 0) is 11.3 Å². The fourth-order valence-corrected chi connectivity index (χ4v) is 4.07. The van der Waals surface area contributed by atoms with Gasteiger partial charge in [-0.1, -0.05) is 18.2 Å². The van der Waals surface area contributed by atoms with E-state index >= 15 is 0 Å². The molecule has 0 spiro atoms. The molecular weight excluding hydrogens is 422 g/mol. The minimum absolute atomic E-state index is 0.00568. The summed E-state index contributed by atoms with van der Waals surface area (Å²) in [5, 5.41) is 11.5. The van der Waals surface area contributed by atoms with Crippen LogP contribution in [0.25, 0.3) is 11.0 Å². The van der Waals surface area contributed by atoms with E-state index in [1.54, 1.807) is 67.3 Å². The molecular formula is C25H19N3O5. The van der Waals surface area contributed by atoms with Crippen molar-refractivity contribution < 1.29 is 23.8 Å². The van der Waals surface area contributed by atoms with Gasteiger partial charge in [0.05, 0.1) is 18.7 Å². The number of aliphatic hydroxyl groups is 1. The highest BCUT2D eigenvalue weighted by Crippen LogP contribution is 2.40. The minimum Gasteiger partial charge on any atom is -0.503 e. The number of ketones is 1. The first-order valence-corrected chi connectivity index (χ1v) is 10.2. The number of methoxy groups -OCH3 is 1. The summed E-state index contributed by atoms with van der Waals surface area (Å²) < 4.78 is 11.1. The predicted octanol–water partition coefficient (Wildman–Crippen LogP) is 4.01. The number of carbonyl (C=O) groups is 2. The highest BCUT2D eigenvalue weighted by Gasteiger charge is 2.44. The van der Waals surface area contributed by atoms with E-state index < -0.39 is 23.5 Å². The summed E-state index contributed by atoms with van der Waals surface area (Å²) in [5.74, 6) is -1.33. The first-order chi connectivity index (χ1) is 16.1. The maximum Gasteiger partial charge on any atom is 0.290 e. The first-order valence-electron chi connectivity index (χ1n) is 10.2. The number of carbonyl (C=O) groups excluding carboxylic acids is 2. The summed E-state index contributed by atoms with van der Waals surface area (Å²) >= 11 is 0. The molecule has 0 unspecified atom stereocenters. The molecule has 0 saturated heterocycles. The zero-order chi connectivity index (χ0) is 22.9. The van der Waals surface area contributed by atoms with Gasteiger partial charge in [-0.15, -0.1) is 0 Å². The number of rotatable bonds is 6. The van der Waals surface area contributed by atoms with E-state index in [0.29, 0.717) is 22.3 Å². The van der Waals surface area contributed by atoms with Crippen LogP contribution in [0.1, 0.15) is 27.7 Å². The molecule has 1 N–H and O–H groups in total. The van der Waals surface area contributed by atoms with Gasteiger partial charge in [0.1, 0.15) is 0 Å². The van der Waals surface area contributed by atoms with Crippen LogP contribution in [0.5, 0.6) is 5.75 Å². The number of amides is 1. The molecule has 0 aliphatic carbocycles. The summed E-state index contributed by atoms with van der Waals surface area (Å²) in [6.45, 7) is 0.161. The van der Waals surface area contributed by atoms with Crippen molar-refractivity contribution in [3.8, 4) is 5.75 Å². The molecule has 1 atom stereocenters. The van der Waals surface area contributed by atoms with Crippen molar-refractivity contribution in [2.24, 2.45) is 0 Å². The van der Waals surface area contributed by atoms with Gasteiger partial charge < -0.3 is 19.2 Å². The summed E-state index contributed by atoms with van der Waals surface area (Å²) in [4.78, 5) is 36.3. The second-order valence-electron chi connectivity index (χ2n) is 7.56. The number of hydrogen-bond acceptors (Lipinski definition) is 7. The molecule has 5 rings (SSSR count). The normalized spacial score (nSPS) is 16.0. The van der Waals surface area contributed by atoms with Crippen LogP contribution < -0.4 is 4.74 Å². The Kier molecular flexibility index (Phi) is 5.10. The number of aromatic nitrogens is 2. The van der Waals surface area contributed by atoms with Gasteiger partial charge in [0.2, 0.25) is 5.78 Å². The first kappa shape index (κ1) is 20.4. The van der Waals surface area contributed by atoms with Crippen LogP contribution in [0.15, 0.2) is 89.1 Å². The number of benzene rings is 1. The topological polar surface area (TPSA) is 106 Å². The third kappa shape index (κ3) is 3.51. The zero-order valence-corrected chi connectivity index (χ0v) is 17.6. The largest absolute Gasteiger partial charge is 0.503 e. The average molecular weight is 441 g/mol. The van der Waals surface area contributed by atoms with Crippen molar-refractivity contribution in [1.82, 2.24) is 14.9 Å². The molecule has 3 aromatic heterocycles. The Labute approximate surface area is 188 Å². The second kappa shape index (κ2) is 8.23. The molecule has 8 heteroatoms. The van der Waals surface area contributed by atoms with E-state index in [1.807, 2.05) is 6.07 Å². The highest BCUT2D eigenvalue weighted by atomic mass is 16.5. The number of aliphatic hydroxyl groups excluding tert-OH is 1. The van der Waals surface area contributed by atoms with E-state index in [-0.39, 0.29) is 17.9 Å². The number of ether oxygens (including phenoxy) is 1. The van der Waals surface area contributed by atoms with Crippen molar-refractivity contribution in [3.05, 3.63) is 102 Å². The van der Waals surface area contributed by atoms with Gasteiger partial charge in [-0.2, -0.15) is 0 Å². The molecule has 1 aromatic carbocycles. The van der Waals surface area contributed by atoms with Crippen molar-refractivity contribution in [1.29, 1.82) is 0 Å². The fraction of sp³-hybridized carbons (Fsp3) is 0.120. The lowest BCUT2D eigenvalue weighted by Gasteiger charge is -2.26.